The molecule has 0 aliphatic heterocycles. The number of primary amides is 1. The van der Waals surface area contributed by atoms with Gasteiger partial charge in [0.05, 0.1) is 10.5 Å². The van der Waals surface area contributed by atoms with Crippen molar-refractivity contribution in [2.24, 2.45) is 5.73 Å². The molecule has 1 aromatic heterocycles. The lowest BCUT2D eigenvalue weighted by molar-refractivity contribution is -0.384. The van der Waals surface area contributed by atoms with E-state index in [0.29, 0.717) is 17.2 Å². The van der Waals surface area contributed by atoms with Crippen LogP contribution in [0.1, 0.15) is 33.3 Å². The molecule has 31 heavy (non-hydrogen) atoms. The van der Waals surface area contributed by atoms with Gasteiger partial charge in [-0.3, -0.25) is 19.7 Å². The average Bonchev–Trinajstić information content (AvgIpc) is 3.03. The maximum atomic E-state index is 12.7. The molecule has 8 nitrogen and oxygen atoms in total. The van der Waals surface area contributed by atoms with Crippen molar-refractivity contribution in [3.05, 3.63) is 86.3 Å². The lowest BCUT2D eigenvalue weighted by Crippen LogP contribution is -2.30. The smallest absolute Gasteiger partial charge is 0.269 e. The predicted octanol–water partition coefficient (Wildman–Crippen LogP) is 4.06. The quantitative estimate of drug-likeness (QED) is 0.404. The summed E-state index contributed by atoms with van der Waals surface area (Å²) in [6, 6.07) is 15.2. The van der Waals surface area contributed by atoms with Crippen molar-refractivity contribution in [1.82, 2.24) is 0 Å². The fourth-order valence-corrected chi connectivity index (χ4v) is 4.26. The number of carbonyl (C=O) groups excluding carboxylic acids is 2. The van der Waals surface area contributed by atoms with Crippen molar-refractivity contribution >= 4 is 33.8 Å². The molecular formula is C22H21N3O5S. The molecule has 1 atom stereocenters. The van der Waals surface area contributed by atoms with Crippen LogP contribution in [0.25, 0.3) is 0 Å². The minimum absolute atomic E-state index is 0.0736. The van der Waals surface area contributed by atoms with Crippen molar-refractivity contribution in [1.29, 1.82) is 0 Å². The first kappa shape index (κ1) is 22.0. The van der Waals surface area contributed by atoms with Crippen molar-refractivity contribution in [3.63, 3.8) is 0 Å². The predicted molar refractivity (Wildman–Crippen MR) is 119 cm³/mol. The summed E-state index contributed by atoms with van der Waals surface area (Å²) in [6.07, 6.45) is -0.287. The number of nitro benzene ring substituents is 1. The third kappa shape index (κ3) is 5.26. The molecule has 3 N–H and O–H groups in total. The number of rotatable bonds is 8. The first-order valence-electron chi connectivity index (χ1n) is 9.44. The zero-order chi connectivity index (χ0) is 22.5. The number of thiophene rings is 1. The molecule has 1 unspecified atom stereocenters. The molecule has 0 aliphatic rings. The minimum Gasteiger partial charge on any atom is -0.481 e. The molecule has 0 saturated carbocycles. The molecule has 160 valence electrons. The molecule has 0 bridgehead atoms. The topological polar surface area (TPSA) is 125 Å². The Bertz CT molecular complexity index is 1110. The molecule has 9 heteroatoms. The van der Waals surface area contributed by atoms with Crippen LogP contribution in [0.4, 0.5) is 10.7 Å². The molecule has 0 radical (unpaired) electrons. The number of nitrogens with zero attached hydrogens (tertiary/aromatic N) is 1. The summed E-state index contributed by atoms with van der Waals surface area (Å²) in [5.74, 6) is -0.767. The molecule has 2 aromatic carbocycles. The van der Waals surface area contributed by atoms with Gasteiger partial charge in [-0.15, -0.1) is 11.3 Å². The van der Waals surface area contributed by atoms with E-state index >= 15 is 0 Å². The van der Waals surface area contributed by atoms with Crippen LogP contribution < -0.4 is 15.8 Å². The summed E-state index contributed by atoms with van der Waals surface area (Å²) in [5.41, 5.74) is 7.59. The Morgan fingerprint density at radius 2 is 1.81 bits per heavy atom. The Labute approximate surface area is 182 Å². The van der Waals surface area contributed by atoms with E-state index in [0.717, 1.165) is 16.0 Å². The first-order chi connectivity index (χ1) is 14.8. The van der Waals surface area contributed by atoms with Gasteiger partial charge in [-0.2, -0.15) is 0 Å². The van der Waals surface area contributed by atoms with E-state index < -0.39 is 22.8 Å². The number of ether oxygens (including phenoxy) is 1. The molecule has 0 aliphatic carbocycles. The molecule has 2 amide bonds. The van der Waals surface area contributed by atoms with Crippen molar-refractivity contribution in [3.8, 4) is 5.75 Å². The maximum Gasteiger partial charge on any atom is 0.269 e. The summed E-state index contributed by atoms with van der Waals surface area (Å²) < 4.78 is 5.57. The van der Waals surface area contributed by atoms with E-state index in [1.54, 1.807) is 13.8 Å². The second-order valence-corrected chi connectivity index (χ2v) is 7.99. The molecule has 3 aromatic rings. The molecule has 1 heterocycles. The highest BCUT2D eigenvalue weighted by Gasteiger charge is 2.23. The number of hydrogen-bond acceptors (Lipinski definition) is 6. The highest BCUT2D eigenvalue weighted by molar-refractivity contribution is 7.17. The SMILES string of the molecule is Cc1c(Cc2ccccc2)sc(NC(=O)C(C)Oc2ccc([N+](=O)[O-])cc2)c1C(N)=O. The fraction of sp³-hybridized carbons (Fsp3) is 0.182. The molecule has 0 saturated heterocycles. The lowest BCUT2D eigenvalue weighted by Gasteiger charge is -2.14. The van der Waals surface area contributed by atoms with E-state index in [9.17, 15) is 19.7 Å². The maximum absolute atomic E-state index is 12.7. The monoisotopic (exact) mass is 439 g/mol. The number of non-ortho nitro benzene ring substituents is 1. The molecular weight excluding hydrogens is 418 g/mol. The van der Waals surface area contributed by atoms with Gasteiger partial charge in [0.1, 0.15) is 10.8 Å². The number of nitro groups is 1. The van der Waals surface area contributed by atoms with Gasteiger partial charge >= 0.3 is 0 Å². The van der Waals surface area contributed by atoms with Crippen molar-refractivity contribution in [2.45, 2.75) is 26.4 Å². The van der Waals surface area contributed by atoms with Crippen LogP contribution in [0.2, 0.25) is 0 Å². The van der Waals surface area contributed by atoms with Crippen LogP contribution in [0.3, 0.4) is 0 Å². The van der Waals surface area contributed by atoms with Gasteiger partial charge in [0.25, 0.3) is 17.5 Å². The van der Waals surface area contributed by atoms with E-state index in [1.165, 1.54) is 35.6 Å². The number of carbonyl (C=O) groups is 2. The minimum atomic E-state index is -0.901. The standard InChI is InChI=1S/C22H21N3O5S/c1-13-18(12-15-6-4-3-5-7-15)31-22(19(13)20(23)26)24-21(27)14(2)30-17-10-8-16(9-11-17)25(28)29/h3-11,14H,12H2,1-2H3,(H2,23,26)(H,24,27). The lowest BCUT2D eigenvalue weighted by atomic mass is 10.1. The van der Waals surface area contributed by atoms with Crippen LogP contribution in [0, 0.1) is 17.0 Å². The van der Waals surface area contributed by atoms with Gasteiger partial charge in [0, 0.05) is 23.4 Å². The number of nitrogens with one attached hydrogen (secondary N) is 1. The third-order valence-corrected chi connectivity index (χ3v) is 5.87. The second-order valence-electron chi connectivity index (χ2n) is 6.88. The average molecular weight is 439 g/mol. The van der Waals surface area contributed by atoms with Crippen LogP contribution in [0.15, 0.2) is 54.6 Å². The molecule has 0 fully saturated rings. The Morgan fingerprint density at radius 3 is 2.39 bits per heavy atom. The molecule has 0 spiro atoms. The fourth-order valence-electron chi connectivity index (χ4n) is 3.01. The van der Waals surface area contributed by atoms with Crippen molar-refractivity contribution in [2.75, 3.05) is 5.32 Å². The highest BCUT2D eigenvalue weighted by Crippen LogP contribution is 2.34. The largest absolute Gasteiger partial charge is 0.481 e. The van der Waals surface area contributed by atoms with Crippen molar-refractivity contribution < 1.29 is 19.2 Å². The third-order valence-electron chi connectivity index (χ3n) is 4.67. The number of anilines is 1. The summed E-state index contributed by atoms with van der Waals surface area (Å²) in [4.78, 5) is 35.8. The van der Waals surface area contributed by atoms with Crippen LogP contribution in [-0.4, -0.2) is 22.8 Å². The first-order valence-corrected chi connectivity index (χ1v) is 10.3. The van der Waals surface area contributed by atoms with E-state index in [4.69, 9.17) is 10.5 Å². The van der Waals surface area contributed by atoms with Gasteiger partial charge in [-0.05, 0) is 37.1 Å². The van der Waals surface area contributed by atoms with E-state index in [-0.39, 0.29) is 11.3 Å². The number of hydrogen-bond donors (Lipinski definition) is 2. The summed E-state index contributed by atoms with van der Waals surface area (Å²) in [5, 5.41) is 13.9. The van der Waals surface area contributed by atoms with Crippen LogP contribution in [-0.2, 0) is 11.2 Å². The van der Waals surface area contributed by atoms with Crippen LogP contribution >= 0.6 is 11.3 Å². The Hall–Kier alpha value is -3.72. The van der Waals surface area contributed by atoms with Gasteiger partial charge in [-0.25, -0.2) is 0 Å². The van der Waals surface area contributed by atoms with Gasteiger partial charge in [0.2, 0.25) is 0 Å². The number of amides is 2. The summed E-state index contributed by atoms with van der Waals surface area (Å²) >= 11 is 1.30. The second kappa shape index (κ2) is 9.40. The normalized spacial score (nSPS) is 11.5. The Morgan fingerprint density at radius 1 is 1.16 bits per heavy atom. The molecule has 3 rings (SSSR count). The van der Waals surface area contributed by atoms with Gasteiger partial charge in [-0.1, -0.05) is 30.3 Å². The summed E-state index contributed by atoms with van der Waals surface area (Å²) in [7, 11) is 0. The summed E-state index contributed by atoms with van der Waals surface area (Å²) in [6.45, 7) is 3.35. The number of benzene rings is 2. The van der Waals surface area contributed by atoms with Gasteiger partial charge in [0.15, 0.2) is 6.10 Å². The zero-order valence-corrected chi connectivity index (χ0v) is 17.8. The highest BCUT2D eigenvalue weighted by atomic mass is 32.1. The van der Waals surface area contributed by atoms with Gasteiger partial charge < -0.3 is 15.8 Å². The van der Waals surface area contributed by atoms with Crippen LogP contribution in [0.5, 0.6) is 5.75 Å². The Kier molecular flexibility index (Phi) is 6.66. The zero-order valence-electron chi connectivity index (χ0n) is 17.0. The van der Waals surface area contributed by atoms with E-state index in [1.807, 2.05) is 30.3 Å². The van der Waals surface area contributed by atoms with E-state index in [2.05, 4.69) is 5.32 Å². The Balaban J connectivity index is 1.75. The number of nitrogens with two attached hydrogens (primary N) is 1.